The number of rotatable bonds is 3. The van der Waals surface area contributed by atoms with Gasteiger partial charge in [-0.05, 0) is 30.3 Å². The Kier molecular flexibility index (Phi) is 4.18. The molecule has 3 rings (SSSR count). The summed E-state index contributed by atoms with van der Waals surface area (Å²) in [6.45, 7) is 0. The minimum absolute atomic E-state index is 0.0813. The van der Waals surface area contributed by atoms with Gasteiger partial charge in [-0.2, -0.15) is 4.98 Å². The third kappa shape index (κ3) is 3.28. The van der Waals surface area contributed by atoms with Gasteiger partial charge in [-0.3, -0.25) is 4.79 Å². The lowest BCUT2D eigenvalue weighted by Crippen LogP contribution is -2.14. The maximum atomic E-state index is 12.5. The molecule has 8 heteroatoms. The molecule has 0 aliphatic heterocycles. The van der Waals surface area contributed by atoms with Crippen molar-refractivity contribution >= 4 is 40.9 Å². The van der Waals surface area contributed by atoms with E-state index in [9.17, 15) is 4.79 Å². The minimum atomic E-state index is -0.342. The molecule has 0 aliphatic rings. The van der Waals surface area contributed by atoms with Gasteiger partial charge in [-0.1, -0.05) is 23.2 Å². The second-order valence-corrected chi connectivity index (χ2v) is 5.49. The van der Waals surface area contributed by atoms with Gasteiger partial charge in [0.25, 0.3) is 5.91 Å². The molecule has 0 bridgehead atoms. The Hall–Kier alpha value is -2.57. The number of amides is 1. The smallest absolute Gasteiger partial charge is 0.259 e. The molecule has 0 saturated carbocycles. The number of carbonyl (C=O) groups excluding carboxylic acids is 1. The van der Waals surface area contributed by atoms with Crippen LogP contribution in [0.4, 0.5) is 11.8 Å². The van der Waals surface area contributed by atoms with Gasteiger partial charge in [-0.15, -0.1) is 0 Å². The normalized spacial score (nSPS) is 10.5. The Morgan fingerprint density at radius 1 is 1.22 bits per heavy atom. The summed E-state index contributed by atoms with van der Waals surface area (Å²) in [6.07, 6.45) is 3.12. The van der Waals surface area contributed by atoms with Crippen LogP contribution in [0.5, 0.6) is 0 Å². The zero-order chi connectivity index (χ0) is 16.4. The molecular formula is C15H11Cl2N5O. The fourth-order valence-corrected chi connectivity index (χ4v) is 2.60. The Morgan fingerprint density at radius 3 is 2.78 bits per heavy atom. The van der Waals surface area contributed by atoms with Crippen LogP contribution >= 0.6 is 23.2 Å². The quantitative estimate of drug-likeness (QED) is 0.674. The maximum absolute atomic E-state index is 12.5. The topological polar surface area (TPSA) is 96.7 Å². The van der Waals surface area contributed by atoms with Crippen molar-refractivity contribution in [3.8, 4) is 11.3 Å². The lowest BCUT2D eigenvalue weighted by Gasteiger charge is -2.08. The number of nitrogens with one attached hydrogen (secondary N) is 2. The van der Waals surface area contributed by atoms with Crippen molar-refractivity contribution in [2.45, 2.75) is 0 Å². The second kappa shape index (κ2) is 6.28. The van der Waals surface area contributed by atoms with E-state index in [-0.39, 0.29) is 11.9 Å². The molecule has 0 saturated heterocycles. The van der Waals surface area contributed by atoms with Crippen molar-refractivity contribution in [1.29, 1.82) is 0 Å². The van der Waals surface area contributed by atoms with E-state index in [0.717, 1.165) is 0 Å². The molecule has 116 valence electrons. The minimum Gasteiger partial charge on any atom is -0.368 e. The summed E-state index contributed by atoms with van der Waals surface area (Å²) in [5.74, 6) is 0.0556. The standard InChI is InChI=1S/C15H11Cl2N5O/c16-8-1-2-9(11(17)7-8)13-10(3-5-19-13)14(23)21-12-4-6-20-15(18)22-12/h1-7,19H,(H3,18,20,21,22,23). The molecule has 2 aromatic heterocycles. The van der Waals surface area contributed by atoms with Crippen LogP contribution in [0.2, 0.25) is 10.0 Å². The van der Waals surface area contributed by atoms with Crippen molar-refractivity contribution < 1.29 is 4.79 Å². The SMILES string of the molecule is Nc1nccc(NC(=O)c2cc[nH]c2-c2ccc(Cl)cc2Cl)n1. The first-order valence-corrected chi connectivity index (χ1v) is 7.33. The predicted molar refractivity (Wildman–Crippen MR) is 90.6 cm³/mol. The monoisotopic (exact) mass is 347 g/mol. The largest absolute Gasteiger partial charge is 0.368 e. The number of nitrogens with zero attached hydrogens (tertiary/aromatic N) is 2. The number of aromatic nitrogens is 3. The lowest BCUT2D eigenvalue weighted by atomic mass is 10.1. The number of benzene rings is 1. The van der Waals surface area contributed by atoms with E-state index in [1.807, 2.05) is 0 Å². The highest BCUT2D eigenvalue weighted by atomic mass is 35.5. The molecule has 6 nitrogen and oxygen atoms in total. The lowest BCUT2D eigenvalue weighted by molar-refractivity contribution is 0.102. The van der Waals surface area contributed by atoms with Gasteiger partial charge < -0.3 is 16.0 Å². The number of aromatic amines is 1. The Labute approximate surface area is 141 Å². The summed E-state index contributed by atoms with van der Waals surface area (Å²) in [6, 6.07) is 8.27. The number of nitrogens with two attached hydrogens (primary N) is 1. The average molecular weight is 348 g/mol. The summed E-state index contributed by atoms with van der Waals surface area (Å²) >= 11 is 12.1. The van der Waals surface area contributed by atoms with E-state index >= 15 is 0 Å². The fraction of sp³-hybridized carbons (Fsp3) is 0. The molecule has 0 unspecified atom stereocenters. The molecule has 1 amide bonds. The number of H-pyrrole nitrogens is 1. The van der Waals surface area contributed by atoms with E-state index < -0.39 is 0 Å². The predicted octanol–water partition coefficient (Wildman–Crippen LogP) is 3.61. The van der Waals surface area contributed by atoms with Gasteiger partial charge in [-0.25, -0.2) is 4.98 Å². The number of carbonyl (C=O) groups is 1. The number of hydrogen-bond donors (Lipinski definition) is 3. The summed E-state index contributed by atoms with van der Waals surface area (Å²) in [7, 11) is 0. The maximum Gasteiger partial charge on any atom is 0.259 e. The van der Waals surface area contributed by atoms with Crippen molar-refractivity contribution in [3.63, 3.8) is 0 Å². The number of hydrogen-bond acceptors (Lipinski definition) is 4. The molecule has 2 heterocycles. The molecule has 0 radical (unpaired) electrons. The fourth-order valence-electron chi connectivity index (χ4n) is 2.10. The second-order valence-electron chi connectivity index (χ2n) is 4.64. The van der Waals surface area contributed by atoms with Crippen LogP contribution in [0.1, 0.15) is 10.4 Å². The first-order valence-electron chi connectivity index (χ1n) is 6.57. The molecule has 0 atom stereocenters. The molecule has 4 N–H and O–H groups in total. The summed E-state index contributed by atoms with van der Waals surface area (Å²) in [4.78, 5) is 23.2. The van der Waals surface area contributed by atoms with Crippen LogP contribution in [-0.4, -0.2) is 20.9 Å². The zero-order valence-corrected chi connectivity index (χ0v) is 13.2. The van der Waals surface area contributed by atoms with E-state index in [4.69, 9.17) is 28.9 Å². The highest BCUT2D eigenvalue weighted by Crippen LogP contribution is 2.31. The first-order chi connectivity index (χ1) is 11.0. The third-order valence-electron chi connectivity index (χ3n) is 3.11. The van der Waals surface area contributed by atoms with Crippen LogP contribution < -0.4 is 11.1 Å². The Morgan fingerprint density at radius 2 is 2.04 bits per heavy atom. The average Bonchev–Trinajstić information content (AvgIpc) is 2.96. The van der Waals surface area contributed by atoms with Crippen LogP contribution in [0, 0.1) is 0 Å². The molecule has 23 heavy (non-hydrogen) atoms. The first kappa shape index (κ1) is 15.3. The molecule has 0 spiro atoms. The van der Waals surface area contributed by atoms with Crippen LogP contribution in [0.15, 0.2) is 42.7 Å². The zero-order valence-electron chi connectivity index (χ0n) is 11.7. The summed E-state index contributed by atoms with van der Waals surface area (Å²) in [5, 5.41) is 3.63. The summed E-state index contributed by atoms with van der Waals surface area (Å²) < 4.78 is 0. The van der Waals surface area contributed by atoms with Crippen LogP contribution in [0.3, 0.4) is 0 Å². The van der Waals surface area contributed by atoms with Crippen molar-refractivity contribution in [2.24, 2.45) is 0 Å². The van der Waals surface area contributed by atoms with Gasteiger partial charge >= 0.3 is 0 Å². The van der Waals surface area contributed by atoms with E-state index in [2.05, 4.69) is 20.3 Å². The summed E-state index contributed by atoms with van der Waals surface area (Å²) in [5.41, 5.74) is 7.18. The number of anilines is 2. The van der Waals surface area contributed by atoms with Gasteiger partial charge in [0, 0.05) is 23.0 Å². The van der Waals surface area contributed by atoms with Gasteiger partial charge in [0.2, 0.25) is 5.95 Å². The van der Waals surface area contributed by atoms with E-state index in [0.29, 0.717) is 32.7 Å². The van der Waals surface area contributed by atoms with Crippen LogP contribution in [0.25, 0.3) is 11.3 Å². The molecule has 1 aromatic carbocycles. The van der Waals surface area contributed by atoms with E-state index in [1.165, 1.54) is 6.20 Å². The Bertz CT molecular complexity index is 878. The molecule has 3 aromatic rings. The third-order valence-corrected chi connectivity index (χ3v) is 3.66. The Balaban J connectivity index is 1.93. The number of nitrogen functional groups attached to an aromatic ring is 1. The molecule has 0 aliphatic carbocycles. The highest BCUT2D eigenvalue weighted by Gasteiger charge is 2.17. The van der Waals surface area contributed by atoms with Crippen molar-refractivity contribution in [2.75, 3.05) is 11.1 Å². The van der Waals surface area contributed by atoms with E-state index in [1.54, 1.807) is 36.5 Å². The number of halogens is 2. The van der Waals surface area contributed by atoms with Gasteiger partial charge in [0.05, 0.1) is 16.3 Å². The molecule has 0 fully saturated rings. The van der Waals surface area contributed by atoms with Crippen molar-refractivity contribution in [3.05, 3.63) is 58.3 Å². The van der Waals surface area contributed by atoms with Crippen molar-refractivity contribution in [1.82, 2.24) is 15.0 Å². The van der Waals surface area contributed by atoms with Gasteiger partial charge in [0.1, 0.15) is 5.82 Å². The van der Waals surface area contributed by atoms with Gasteiger partial charge in [0.15, 0.2) is 0 Å². The highest BCUT2D eigenvalue weighted by molar-refractivity contribution is 6.36. The van der Waals surface area contributed by atoms with Crippen LogP contribution in [-0.2, 0) is 0 Å². The molecular weight excluding hydrogens is 337 g/mol.